The van der Waals surface area contributed by atoms with Gasteiger partial charge in [-0.15, -0.1) is 11.3 Å². The van der Waals surface area contributed by atoms with Gasteiger partial charge >= 0.3 is 5.97 Å². The summed E-state index contributed by atoms with van der Waals surface area (Å²) in [5.74, 6) is -1.80. The molecule has 0 saturated heterocycles. The van der Waals surface area contributed by atoms with Gasteiger partial charge in [0.15, 0.2) is 0 Å². The van der Waals surface area contributed by atoms with Crippen molar-refractivity contribution in [2.24, 2.45) is 0 Å². The van der Waals surface area contributed by atoms with E-state index < -0.39 is 17.9 Å². The number of thiophene rings is 1. The summed E-state index contributed by atoms with van der Waals surface area (Å²) in [7, 11) is 0. The SMILES string of the molecule is O=C(NC(CCO)C(=O)O)c1sc2cc(Cl)ccc2c1Cl. The van der Waals surface area contributed by atoms with Crippen molar-refractivity contribution in [1.82, 2.24) is 5.32 Å². The molecule has 1 aromatic carbocycles. The van der Waals surface area contributed by atoms with Crippen LogP contribution in [-0.4, -0.2) is 34.7 Å². The van der Waals surface area contributed by atoms with E-state index in [2.05, 4.69) is 5.32 Å². The lowest BCUT2D eigenvalue weighted by Crippen LogP contribution is -2.41. The monoisotopic (exact) mass is 347 g/mol. The van der Waals surface area contributed by atoms with Crippen molar-refractivity contribution in [3.63, 3.8) is 0 Å². The second-order valence-corrected chi connectivity index (χ2v) is 6.13. The highest BCUT2D eigenvalue weighted by atomic mass is 35.5. The van der Waals surface area contributed by atoms with Crippen molar-refractivity contribution in [2.45, 2.75) is 12.5 Å². The number of carboxylic acids is 1. The number of aliphatic carboxylic acids is 1. The van der Waals surface area contributed by atoms with Gasteiger partial charge < -0.3 is 15.5 Å². The number of benzene rings is 1. The number of rotatable bonds is 5. The molecule has 0 saturated carbocycles. The van der Waals surface area contributed by atoms with Gasteiger partial charge in [0.25, 0.3) is 5.91 Å². The second kappa shape index (κ2) is 6.62. The summed E-state index contributed by atoms with van der Waals surface area (Å²) in [4.78, 5) is 23.4. The molecule has 2 aromatic rings. The lowest BCUT2D eigenvalue weighted by atomic mass is 10.2. The number of amides is 1. The molecular formula is C13H11Cl2NO4S. The molecule has 3 N–H and O–H groups in total. The van der Waals surface area contributed by atoms with E-state index in [-0.39, 0.29) is 22.9 Å². The van der Waals surface area contributed by atoms with Crippen LogP contribution in [0.3, 0.4) is 0 Å². The summed E-state index contributed by atoms with van der Waals surface area (Å²) in [6.07, 6.45) is -0.0740. The summed E-state index contributed by atoms with van der Waals surface area (Å²) < 4.78 is 0.742. The average molecular weight is 348 g/mol. The van der Waals surface area contributed by atoms with E-state index in [0.717, 1.165) is 16.0 Å². The molecule has 2 rings (SSSR count). The molecule has 21 heavy (non-hydrogen) atoms. The van der Waals surface area contributed by atoms with Crippen molar-refractivity contribution in [3.8, 4) is 0 Å². The number of carbonyl (C=O) groups excluding carboxylic acids is 1. The van der Waals surface area contributed by atoms with Crippen molar-refractivity contribution < 1.29 is 19.8 Å². The third-order valence-corrected chi connectivity index (χ3v) is 4.71. The van der Waals surface area contributed by atoms with Gasteiger partial charge in [-0.05, 0) is 12.1 Å². The van der Waals surface area contributed by atoms with Crippen molar-refractivity contribution in [3.05, 3.63) is 33.1 Å². The zero-order chi connectivity index (χ0) is 15.6. The number of aliphatic hydroxyl groups excluding tert-OH is 1. The lowest BCUT2D eigenvalue weighted by Gasteiger charge is -2.12. The molecule has 0 radical (unpaired) electrons. The zero-order valence-electron chi connectivity index (χ0n) is 10.6. The molecule has 1 heterocycles. The fourth-order valence-electron chi connectivity index (χ4n) is 1.80. The second-order valence-electron chi connectivity index (χ2n) is 4.26. The minimum Gasteiger partial charge on any atom is -0.480 e. The first kappa shape index (κ1) is 16.0. The maximum atomic E-state index is 12.1. The predicted molar refractivity (Wildman–Crippen MR) is 82.4 cm³/mol. The molecule has 0 aliphatic rings. The van der Waals surface area contributed by atoms with E-state index in [9.17, 15) is 9.59 Å². The highest BCUT2D eigenvalue weighted by Gasteiger charge is 2.23. The average Bonchev–Trinajstić information content (AvgIpc) is 2.74. The number of nitrogens with one attached hydrogen (secondary N) is 1. The number of carbonyl (C=O) groups is 2. The van der Waals surface area contributed by atoms with Crippen LogP contribution in [0, 0.1) is 0 Å². The molecule has 1 unspecified atom stereocenters. The summed E-state index contributed by atoms with van der Waals surface area (Å²) in [5, 5.41) is 21.6. The van der Waals surface area contributed by atoms with Crippen LogP contribution in [0.25, 0.3) is 10.1 Å². The maximum Gasteiger partial charge on any atom is 0.326 e. The fraction of sp³-hybridized carbons (Fsp3) is 0.231. The molecule has 0 spiro atoms. The number of halogens is 2. The van der Waals surface area contributed by atoms with E-state index in [1.807, 2.05) is 0 Å². The molecule has 0 fully saturated rings. The Labute approximate surface area is 134 Å². The molecule has 1 aromatic heterocycles. The molecule has 1 atom stereocenters. The van der Waals surface area contributed by atoms with Crippen molar-refractivity contribution in [2.75, 3.05) is 6.61 Å². The van der Waals surface area contributed by atoms with Crippen LogP contribution in [0.15, 0.2) is 18.2 Å². The van der Waals surface area contributed by atoms with E-state index in [4.69, 9.17) is 33.4 Å². The van der Waals surface area contributed by atoms with Gasteiger partial charge in [0.2, 0.25) is 0 Å². The van der Waals surface area contributed by atoms with Gasteiger partial charge in [0, 0.05) is 28.1 Å². The van der Waals surface area contributed by atoms with E-state index in [0.29, 0.717) is 10.4 Å². The van der Waals surface area contributed by atoms with Crippen LogP contribution in [0.4, 0.5) is 0 Å². The van der Waals surface area contributed by atoms with Gasteiger partial charge in [0.05, 0.1) is 5.02 Å². The molecular weight excluding hydrogens is 337 g/mol. The highest BCUT2D eigenvalue weighted by molar-refractivity contribution is 7.21. The molecule has 0 aliphatic carbocycles. The topological polar surface area (TPSA) is 86.6 Å². The van der Waals surface area contributed by atoms with E-state index in [1.54, 1.807) is 18.2 Å². The lowest BCUT2D eigenvalue weighted by molar-refractivity contribution is -0.139. The van der Waals surface area contributed by atoms with Crippen molar-refractivity contribution in [1.29, 1.82) is 0 Å². The van der Waals surface area contributed by atoms with Crippen LogP contribution in [0.1, 0.15) is 16.1 Å². The zero-order valence-corrected chi connectivity index (χ0v) is 12.9. The summed E-state index contributed by atoms with van der Waals surface area (Å²) in [6.45, 7) is -0.340. The Hall–Kier alpha value is -1.34. The first-order valence-electron chi connectivity index (χ1n) is 5.96. The van der Waals surface area contributed by atoms with Gasteiger partial charge in [-0.1, -0.05) is 29.3 Å². The quantitative estimate of drug-likeness (QED) is 0.776. The van der Waals surface area contributed by atoms with Crippen molar-refractivity contribution >= 4 is 56.5 Å². The molecule has 112 valence electrons. The summed E-state index contributed by atoms with van der Waals surface area (Å²) in [6, 6.07) is 3.89. The standard InChI is InChI=1S/C13H11Cl2NO4S/c14-6-1-2-7-9(5-6)21-11(10(7)15)12(18)16-8(3-4-17)13(19)20/h1-2,5,8,17H,3-4H2,(H,16,18)(H,19,20). The first-order chi connectivity index (χ1) is 9.93. The van der Waals surface area contributed by atoms with Gasteiger partial charge in [-0.2, -0.15) is 0 Å². The Bertz CT molecular complexity index is 701. The molecule has 1 amide bonds. The van der Waals surface area contributed by atoms with Crippen LogP contribution in [0.5, 0.6) is 0 Å². The Kier molecular flexibility index (Phi) is 5.05. The molecule has 0 bridgehead atoms. The Morgan fingerprint density at radius 1 is 1.33 bits per heavy atom. The smallest absolute Gasteiger partial charge is 0.326 e. The fourth-order valence-corrected chi connectivity index (χ4v) is 3.49. The van der Waals surface area contributed by atoms with E-state index in [1.165, 1.54) is 0 Å². The van der Waals surface area contributed by atoms with Gasteiger partial charge in [-0.25, -0.2) is 4.79 Å². The normalized spacial score (nSPS) is 12.3. The molecule has 8 heteroatoms. The summed E-state index contributed by atoms with van der Waals surface area (Å²) in [5.41, 5.74) is 0. The Balaban J connectivity index is 2.30. The van der Waals surface area contributed by atoms with Crippen LogP contribution in [0.2, 0.25) is 10.0 Å². The number of aliphatic hydroxyl groups is 1. The minimum absolute atomic E-state index is 0.0740. The highest BCUT2D eigenvalue weighted by Crippen LogP contribution is 2.36. The Morgan fingerprint density at radius 3 is 2.67 bits per heavy atom. The summed E-state index contributed by atoms with van der Waals surface area (Å²) >= 11 is 13.2. The number of hydrogen-bond donors (Lipinski definition) is 3. The predicted octanol–water partition coefficient (Wildman–Crippen LogP) is 2.77. The first-order valence-corrected chi connectivity index (χ1v) is 7.53. The third-order valence-electron chi connectivity index (χ3n) is 2.82. The van der Waals surface area contributed by atoms with Gasteiger partial charge in [-0.3, -0.25) is 4.79 Å². The molecule has 5 nitrogen and oxygen atoms in total. The van der Waals surface area contributed by atoms with E-state index >= 15 is 0 Å². The number of fused-ring (bicyclic) bond motifs is 1. The van der Waals surface area contributed by atoms with Gasteiger partial charge in [0.1, 0.15) is 10.9 Å². The van der Waals surface area contributed by atoms with Crippen LogP contribution < -0.4 is 5.32 Å². The Morgan fingerprint density at radius 2 is 2.05 bits per heavy atom. The number of hydrogen-bond acceptors (Lipinski definition) is 4. The van der Waals surface area contributed by atoms with Crippen LogP contribution in [-0.2, 0) is 4.79 Å². The van der Waals surface area contributed by atoms with Crippen LogP contribution >= 0.6 is 34.5 Å². The third kappa shape index (κ3) is 3.47. The number of carboxylic acid groups (broad SMARTS) is 1. The largest absolute Gasteiger partial charge is 0.480 e. The minimum atomic E-state index is -1.21. The molecule has 0 aliphatic heterocycles. The maximum absolute atomic E-state index is 12.1.